The van der Waals surface area contributed by atoms with E-state index in [1.807, 2.05) is 25.1 Å². The van der Waals surface area contributed by atoms with Gasteiger partial charge < -0.3 is 15.2 Å². The lowest BCUT2D eigenvalue weighted by Gasteiger charge is -2.23. The largest absolute Gasteiger partial charge is 0.488 e. The molecule has 0 spiro atoms. The van der Waals surface area contributed by atoms with E-state index in [2.05, 4.69) is 16.8 Å². The molecule has 1 aliphatic rings. The number of anilines is 1. The number of rotatable bonds is 4. The zero-order valence-electron chi connectivity index (χ0n) is 14.2. The van der Waals surface area contributed by atoms with Crippen LogP contribution in [0.2, 0.25) is 0 Å². The molecule has 0 saturated carbocycles. The Balaban J connectivity index is 1.85. The lowest BCUT2D eigenvalue weighted by atomic mass is 9.94. The average molecular weight is 338 g/mol. The average Bonchev–Trinajstić information content (AvgIpc) is 2.61. The minimum Gasteiger partial charge on any atom is -0.488 e. The van der Waals surface area contributed by atoms with Gasteiger partial charge in [0.25, 0.3) is 0 Å². The maximum atomic E-state index is 14.1. The van der Waals surface area contributed by atoms with Gasteiger partial charge in [0.1, 0.15) is 24.7 Å². The van der Waals surface area contributed by atoms with E-state index in [9.17, 15) is 4.39 Å². The van der Waals surface area contributed by atoms with Gasteiger partial charge in [-0.05, 0) is 48.8 Å². The van der Waals surface area contributed by atoms with Crippen LogP contribution in [-0.4, -0.2) is 18.2 Å². The molecular formula is C20H19FN2O2. The van der Waals surface area contributed by atoms with Crippen LogP contribution in [0.5, 0.6) is 11.5 Å². The normalized spacial score (nSPS) is 12.8. The van der Waals surface area contributed by atoms with Crippen LogP contribution in [0.3, 0.4) is 0 Å². The molecule has 4 nitrogen and oxygen atoms in total. The van der Waals surface area contributed by atoms with Crippen molar-refractivity contribution in [3.05, 3.63) is 53.0 Å². The summed E-state index contributed by atoms with van der Waals surface area (Å²) in [5.74, 6) is 6.58. The number of halogens is 1. The summed E-state index contributed by atoms with van der Waals surface area (Å²) in [7, 11) is 0. The second-order valence-corrected chi connectivity index (χ2v) is 5.74. The summed E-state index contributed by atoms with van der Waals surface area (Å²) in [5, 5.41) is 0. The highest BCUT2D eigenvalue weighted by Gasteiger charge is 2.19. The third-order valence-electron chi connectivity index (χ3n) is 4.18. The van der Waals surface area contributed by atoms with Gasteiger partial charge in [0, 0.05) is 24.2 Å². The van der Waals surface area contributed by atoms with Crippen LogP contribution >= 0.6 is 0 Å². The smallest absolute Gasteiger partial charge is 0.168 e. The van der Waals surface area contributed by atoms with Crippen molar-refractivity contribution < 1.29 is 13.9 Å². The van der Waals surface area contributed by atoms with Gasteiger partial charge in [0.15, 0.2) is 11.6 Å². The van der Waals surface area contributed by atoms with Gasteiger partial charge in [-0.3, -0.25) is 0 Å². The van der Waals surface area contributed by atoms with Crippen molar-refractivity contribution in [2.45, 2.75) is 20.3 Å². The maximum absolute atomic E-state index is 14.1. The van der Waals surface area contributed by atoms with Gasteiger partial charge in [-0.1, -0.05) is 5.92 Å². The Hall–Kier alpha value is -3.00. The lowest BCUT2D eigenvalue weighted by Crippen LogP contribution is -2.13. The number of pyridine rings is 1. The summed E-state index contributed by atoms with van der Waals surface area (Å²) in [6.07, 6.45) is 1.96. The number of aromatic nitrogens is 1. The second-order valence-electron chi connectivity index (χ2n) is 5.74. The zero-order chi connectivity index (χ0) is 17.8. The van der Waals surface area contributed by atoms with Crippen LogP contribution in [-0.2, 0) is 6.42 Å². The molecule has 1 aromatic carbocycles. The quantitative estimate of drug-likeness (QED) is 0.865. The molecule has 0 atom stereocenters. The third-order valence-corrected chi connectivity index (χ3v) is 4.18. The third kappa shape index (κ3) is 3.58. The topological polar surface area (TPSA) is 57.4 Å². The molecule has 5 heteroatoms. The highest BCUT2D eigenvalue weighted by molar-refractivity contribution is 5.74. The summed E-state index contributed by atoms with van der Waals surface area (Å²) < 4.78 is 25.5. The van der Waals surface area contributed by atoms with Gasteiger partial charge in [0.2, 0.25) is 0 Å². The van der Waals surface area contributed by atoms with Crippen molar-refractivity contribution in [3.8, 4) is 23.3 Å². The predicted molar refractivity (Wildman–Crippen MR) is 95.8 cm³/mol. The Morgan fingerprint density at radius 1 is 1.36 bits per heavy atom. The van der Waals surface area contributed by atoms with Gasteiger partial charge in [0.05, 0.1) is 0 Å². The van der Waals surface area contributed by atoms with Gasteiger partial charge >= 0.3 is 0 Å². The van der Waals surface area contributed by atoms with Crippen LogP contribution in [0.4, 0.5) is 10.2 Å². The van der Waals surface area contributed by atoms with E-state index in [-0.39, 0.29) is 5.82 Å². The highest BCUT2D eigenvalue weighted by atomic mass is 19.1. The first-order valence-electron chi connectivity index (χ1n) is 7.97. The van der Waals surface area contributed by atoms with Crippen LogP contribution in [0.15, 0.2) is 36.0 Å². The highest BCUT2D eigenvalue weighted by Crippen LogP contribution is 2.36. The number of nitrogen functional groups attached to an aromatic ring is 1. The lowest BCUT2D eigenvalue weighted by molar-refractivity contribution is 0.333. The van der Waals surface area contributed by atoms with Crippen LogP contribution in [0.1, 0.15) is 25.0 Å². The first-order valence-corrected chi connectivity index (χ1v) is 7.97. The van der Waals surface area contributed by atoms with Crippen LogP contribution in [0, 0.1) is 17.7 Å². The summed E-state index contributed by atoms with van der Waals surface area (Å²) in [5.41, 5.74) is 9.15. The number of hydrogen-bond acceptors (Lipinski definition) is 4. The maximum Gasteiger partial charge on any atom is 0.168 e. The molecular weight excluding hydrogens is 319 g/mol. The molecule has 2 heterocycles. The van der Waals surface area contributed by atoms with Gasteiger partial charge in [-0.2, -0.15) is 0 Å². The number of benzene rings is 1. The fraction of sp³-hybridized carbons (Fsp3) is 0.250. The molecule has 0 unspecified atom stereocenters. The number of hydrogen-bond donors (Lipinski definition) is 1. The summed E-state index contributed by atoms with van der Waals surface area (Å²) in [4.78, 5) is 3.76. The molecule has 0 aliphatic carbocycles. The molecule has 2 N–H and O–H groups in total. The van der Waals surface area contributed by atoms with Crippen molar-refractivity contribution in [3.63, 3.8) is 0 Å². The Morgan fingerprint density at radius 3 is 3.00 bits per heavy atom. The SMILES string of the molecule is CC#CCOc1ccc2c(c1)OCC(Cc1ccnc(N)c1F)=C2C. The molecule has 0 saturated heterocycles. The van der Waals surface area contributed by atoms with Gasteiger partial charge in [-0.15, -0.1) is 5.92 Å². The van der Waals surface area contributed by atoms with Crippen LogP contribution in [0.25, 0.3) is 5.57 Å². The summed E-state index contributed by atoms with van der Waals surface area (Å²) >= 11 is 0. The molecule has 128 valence electrons. The van der Waals surface area contributed by atoms with Crippen molar-refractivity contribution >= 4 is 11.4 Å². The number of nitrogens with two attached hydrogens (primary N) is 1. The fourth-order valence-electron chi connectivity index (χ4n) is 2.73. The predicted octanol–water partition coefficient (Wildman–Crippen LogP) is 3.61. The molecule has 0 fully saturated rings. The zero-order valence-corrected chi connectivity index (χ0v) is 14.2. The minimum atomic E-state index is -0.464. The summed E-state index contributed by atoms with van der Waals surface area (Å²) in [6, 6.07) is 7.35. The van der Waals surface area contributed by atoms with E-state index >= 15 is 0 Å². The number of fused-ring (bicyclic) bond motifs is 1. The van der Waals surface area contributed by atoms with Crippen molar-refractivity contribution in [2.75, 3.05) is 18.9 Å². The van der Waals surface area contributed by atoms with Crippen molar-refractivity contribution in [1.82, 2.24) is 4.98 Å². The van der Waals surface area contributed by atoms with E-state index in [4.69, 9.17) is 15.2 Å². The Morgan fingerprint density at radius 2 is 2.20 bits per heavy atom. The number of allylic oxidation sites excluding steroid dienone is 1. The molecule has 2 aromatic rings. The van der Waals surface area contributed by atoms with Crippen molar-refractivity contribution in [2.24, 2.45) is 0 Å². The fourth-order valence-corrected chi connectivity index (χ4v) is 2.73. The number of ether oxygens (including phenoxy) is 2. The number of nitrogens with zero attached hydrogens (tertiary/aromatic N) is 1. The van der Waals surface area contributed by atoms with E-state index in [1.54, 1.807) is 13.0 Å². The Labute approximate surface area is 146 Å². The van der Waals surface area contributed by atoms with Gasteiger partial charge in [-0.25, -0.2) is 9.37 Å². The molecule has 1 aromatic heterocycles. The molecule has 0 radical (unpaired) electrons. The monoisotopic (exact) mass is 338 g/mol. The molecule has 3 rings (SSSR count). The summed E-state index contributed by atoms with van der Waals surface area (Å²) in [6.45, 7) is 4.54. The molecule has 25 heavy (non-hydrogen) atoms. The van der Waals surface area contributed by atoms with E-state index in [1.165, 1.54) is 6.20 Å². The first kappa shape index (κ1) is 16.8. The minimum absolute atomic E-state index is 0.0788. The second kappa shape index (κ2) is 7.27. The first-order chi connectivity index (χ1) is 12.1. The Kier molecular flexibility index (Phi) is 4.90. The molecule has 1 aliphatic heterocycles. The van der Waals surface area contributed by atoms with E-state index < -0.39 is 5.82 Å². The molecule has 0 amide bonds. The molecule has 0 bridgehead atoms. The standard InChI is InChI=1S/C20H19FN2O2/c1-3-4-9-24-16-5-6-17-13(2)15(12-25-18(17)11-16)10-14-7-8-23-20(22)19(14)21/h5-8,11H,9-10,12H2,1-2H3,(H2,22,23). The Bertz CT molecular complexity index is 894. The van der Waals surface area contributed by atoms with Crippen LogP contribution < -0.4 is 15.2 Å². The van der Waals surface area contributed by atoms with E-state index in [0.717, 1.165) is 22.5 Å². The van der Waals surface area contributed by atoms with Crippen molar-refractivity contribution in [1.29, 1.82) is 0 Å². The van der Waals surface area contributed by atoms with E-state index in [0.29, 0.717) is 30.9 Å².